The zero-order valence-electron chi connectivity index (χ0n) is 32.2. The van der Waals surface area contributed by atoms with Gasteiger partial charge in [-0.15, -0.1) is 11.3 Å². The van der Waals surface area contributed by atoms with Crippen molar-refractivity contribution in [3.8, 4) is 22.3 Å². The Morgan fingerprint density at radius 1 is 0.322 bits per heavy atom. The van der Waals surface area contributed by atoms with Crippen LogP contribution in [-0.2, 0) is 5.41 Å². The molecule has 0 saturated carbocycles. The molecular weight excluding hydrogens is 731 g/mol. The Balaban J connectivity index is 0.982. The SMILES string of the molecule is c1ccc(-c2ccc(N(c3ccc(-c4cccc(C5(c6ccccc6)c6cccc7ccc8cccc5c8c67)c4)cc3)c3ccc4c(c3)sc3ccccc34)cc2)cc1. The standard InChI is InChI=1S/C57H37NS/c1-3-12-38(13-4-1)39-26-30-46(31-27-39)58(48-34-35-50-49-20-7-8-23-53(49)59-54(50)37-48)47-32-28-40(29-33-47)43-16-9-19-45(36-43)57(44-17-5-2-6-18-44)51-21-10-14-41-24-25-42-15-11-22-52(57)56(42)55(41)51/h1-37H. The third kappa shape index (κ3) is 5.24. The van der Waals surface area contributed by atoms with Gasteiger partial charge >= 0.3 is 0 Å². The molecule has 276 valence electrons. The predicted molar refractivity (Wildman–Crippen MR) is 252 cm³/mol. The summed E-state index contributed by atoms with van der Waals surface area (Å²) in [6.45, 7) is 0. The Morgan fingerprint density at radius 3 is 1.51 bits per heavy atom. The molecule has 1 aliphatic carbocycles. The van der Waals surface area contributed by atoms with Crippen LogP contribution in [-0.4, -0.2) is 0 Å². The van der Waals surface area contributed by atoms with Gasteiger partial charge in [0.25, 0.3) is 0 Å². The molecule has 1 heterocycles. The minimum Gasteiger partial charge on any atom is -0.310 e. The van der Waals surface area contributed by atoms with E-state index in [-0.39, 0.29) is 0 Å². The first-order valence-corrected chi connectivity index (χ1v) is 21.1. The molecule has 2 heteroatoms. The van der Waals surface area contributed by atoms with E-state index in [1.807, 2.05) is 11.3 Å². The lowest BCUT2D eigenvalue weighted by Crippen LogP contribution is -2.28. The van der Waals surface area contributed by atoms with Crippen LogP contribution in [0.1, 0.15) is 22.3 Å². The zero-order chi connectivity index (χ0) is 38.9. The lowest BCUT2D eigenvalue weighted by Gasteiger charge is -2.34. The first-order valence-electron chi connectivity index (χ1n) is 20.3. The maximum Gasteiger partial charge on any atom is 0.0714 e. The van der Waals surface area contributed by atoms with Gasteiger partial charge in [-0.05, 0) is 115 Å². The summed E-state index contributed by atoms with van der Waals surface area (Å²) in [4.78, 5) is 2.39. The van der Waals surface area contributed by atoms with Gasteiger partial charge in [0.2, 0.25) is 0 Å². The van der Waals surface area contributed by atoms with Crippen LogP contribution in [0, 0.1) is 0 Å². The number of anilines is 3. The van der Waals surface area contributed by atoms with Crippen molar-refractivity contribution in [1.29, 1.82) is 0 Å². The molecule has 1 aliphatic rings. The van der Waals surface area contributed by atoms with Crippen LogP contribution in [0.15, 0.2) is 224 Å². The van der Waals surface area contributed by atoms with E-state index in [2.05, 4.69) is 229 Å². The minimum atomic E-state index is -0.451. The predicted octanol–water partition coefficient (Wildman–Crippen LogP) is 15.9. The maximum atomic E-state index is 2.43. The second kappa shape index (κ2) is 13.4. The Kier molecular flexibility index (Phi) is 7.69. The summed E-state index contributed by atoms with van der Waals surface area (Å²) in [7, 11) is 0. The quantitative estimate of drug-likeness (QED) is 0.146. The van der Waals surface area contributed by atoms with E-state index in [9.17, 15) is 0 Å². The zero-order valence-corrected chi connectivity index (χ0v) is 33.0. The smallest absolute Gasteiger partial charge is 0.0714 e. The van der Waals surface area contributed by atoms with Crippen LogP contribution >= 0.6 is 11.3 Å². The molecule has 59 heavy (non-hydrogen) atoms. The molecule has 0 fully saturated rings. The van der Waals surface area contributed by atoms with Crippen molar-refractivity contribution >= 4 is 70.1 Å². The topological polar surface area (TPSA) is 3.24 Å². The molecule has 10 aromatic carbocycles. The van der Waals surface area contributed by atoms with Gasteiger partial charge < -0.3 is 4.90 Å². The molecule has 0 atom stereocenters. The number of hydrogen-bond acceptors (Lipinski definition) is 2. The molecule has 0 bridgehead atoms. The highest BCUT2D eigenvalue weighted by molar-refractivity contribution is 7.25. The summed E-state index contributed by atoms with van der Waals surface area (Å²) < 4.78 is 2.60. The van der Waals surface area contributed by atoms with Crippen molar-refractivity contribution in [2.45, 2.75) is 5.41 Å². The van der Waals surface area contributed by atoms with E-state index in [0.717, 1.165) is 17.1 Å². The van der Waals surface area contributed by atoms with Crippen molar-refractivity contribution in [1.82, 2.24) is 0 Å². The second-order valence-corrected chi connectivity index (χ2v) is 16.7. The molecule has 0 N–H and O–H groups in total. The molecule has 1 aromatic heterocycles. The molecule has 0 radical (unpaired) electrons. The molecule has 0 spiro atoms. The summed E-state index contributed by atoms with van der Waals surface area (Å²) in [5, 5.41) is 7.92. The lowest BCUT2D eigenvalue weighted by molar-refractivity contribution is 0.772. The van der Waals surface area contributed by atoms with E-state index in [0.29, 0.717) is 0 Å². The fourth-order valence-corrected chi connectivity index (χ4v) is 11.0. The minimum absolute atomic E-state index is 0.451. The summed E-state index contributed by atoms with van der Waals surface area (Å²) in [6, 6.07) is 83.0. The van der Waals surface area contributed by atoms with E-state index >= 15 is 0 Å². The first-order chi connectivity index (χ1) is 29.2. The highest BCUT2D eigenvalue weighted by Crippen LogP contribution is 2.56. The number of thiophene rings is 1. The fraction of sp³-hybridized carbons (Fsp3) is 0.0175. The highest BCUT2D eigenvalue weighted by Gasteiger charge is 2.44. The maximum absolute atomic E-state index is 2.43. The van der Waals surface area contributed by atoms with Crippen LogP contribution in [0.4, 0.5) is 17.1 Å². The van der Waals surface area contributed by atoms with Gasteiger partial charge in [0.05, 0.1) is 5.41 Å². The molecule has 1 nitrogen and oxygen atoms in total. The van der Waals surface area contributed by atoms with E-state index in [1.54, 1.807) is 0 Å². The van der Waals surface area contributed by atoms with E-state index < -0.39 is 5.41 Å². The Hall–Kier alpha value is -7.26. The lowest BCUT2D eigenvalue weighted by atomic mass is 9.67. The van der Waals surface area contributed by atoms with Gasteiger partial charge in [0, 0.05) is 37.2 Å². The van der Waals surface area contributed by atoms with Gasteiger partial charge in [0.1, 0.15) is 0 Å². The van der Waals surface area contributed by atoms with Gasteiger partial charge in [-0.3, -0.25) is 0 Å². The summed E-state index contributed by atoms with van der Waals surface area (Å²) in [5.74, 6) is 0. The number of hydrogen-bond donors (Lipinski definition) is 0. The van der Waals surface area contributed by atoms with Gasteiger partial charge in [0.15, 0.2) is 0 Å². The van der Waals surface area contributed by atoms with Crippen LogP contribution in [0.5, 0.6) is 0 Å². The van der Waals surface area contributed by atoms with Crippen molar-refractivity contribution < 1.29 is 0 Å². The number of rotatable bonds is 7. The third-order valence-corrected chi connectivity index (χ3v) is 13.6. The van der Waals surface area contributed by atoms with Crippen LogP contribution in [0.25, 0.3) is 64.0 Å². The summed E-state index contributed by atoms with van der Waals surface area (Å²) in [6.07, 6.45) is 0. The Bertz CT molecular complexity index is 3300. The normalized spacial score (nSPS) is 12.9. The number of fused-ring (bicyclic) bond motifs is 3. The van der Waals surface area contributed by atoms with Gasteiger partial charge in [-0.25, -0.2) is 0 Å². The van der Waals surface area contributed by atoms with Gasteiger partial charge in [-0.2, -0.15) is 0 Å². The number of nitrogens with zero attached hydrogens (tertiary/aromatic N) is 1. The van der Waals surface area contributed by atoms with Crippen molar-refractivity contribution in [3.05, 3.63) is 247 Å². The molecule has 12 rings (SSSR count). The highest BCUT2D eigenvalue weighted by atomic mass is 32.1. The molecule has 0 aliphatic heterocycles. The van der Waals surface area contributed by atoms with E-state index in [4.69, 9.17) is 0 Å². The van der Waals surface area contributed by atoms with Crippen molar-refractivity contribution in [2.75, 3.05) is 4.90 Å². The largest absolute Gasteiger partial charge is 0.310 e. The molecule has 0 saturated heterocycles. The average molecular weight is 768 g/mol. The van der Waals surface area contributed by atoms with Crippen molar-refractivity contribution in [2.24, 2.45) is 0 Å². The van der Waals surface area contributed by atoms with Crippen molar-refractivity contribution in [3.63, 3.8) is 0 Å². The Labute approximate surface area is 347 Å². The summed E-state index contributed by atoms with van der Waals surface area (Å²) >= 11 is 1.86. The van der Waals surface area contributed by atoms with E-state index in [1.165, 1.54) is 86.2 Å². The fourth-order valence-electron chi connectivity index (χ4n) is 9.87. The van der Waals surface area contributed by atoms with Crippen LogP contribution in [0.2, 0.25) is 0 Å². The molecule has 0 unspecified atom stereocenters. The second-order valence-electron chi connectivity index (χ2n) is 15.6. The monoisotopic (exact) mass is 767 g/mol. The third-order valence-electron chi connectivity index (χ3n) is 12.5. The Morgan fingerprint density at radius 2 is 0.831 bits per heavy atom. The molecule has 11 aromatic rings. The first kappa shape index (κ1) is 33.8. The number of benzene rings is 10. The molecule has 0 amide bonds. The summed E-state index contributed by atoms with van der Waals surface area (Å²) in [5.41, 5.74) is 13.0. The van der Waals surface area contributed by atoms with Gasteiger partial charge in [-0.1, -0.05) is 176 Å². The van der Waals surface area contributed by atoms with Crippen LogP contribution < -0.4 is 4.90 Å². The average Bonchev–Trinajstić information content (AvgIpc) is 3.84. The molecular formula is C57H37NS. The van der Waals surface area contributed by atoms with Crippen LogP contribution in [0.3, 0.4) is 0 Å².